The van der Waals surface area contributed by atoms with Gasteiger partial charge in [0.25, 0.3) is 0 Å². The van der Waals surface area contributed by atoms with Crippen LogP contribution in [0.2, 0.25) is 0 Å². The molecule has 444 valence electrons. The zero-order valence-electron chi connectivity index (χ0n) is 48.3. The van der Waals surface area contributed by atoms with Crippen LogP contribution >= 0.6 is 0 Å². The van der Waals surface area contributed by atoms with Crippen LogP contribution in [-0.4, -0.2) is 79.4 Å². The molecule has 0 saturated heterocycles. The Morgan fingerprint density at radius 2 is 0.952 bits per heavy atom. The van der Waals surface area contributed by atoms with Crippen LogP contribution in [0.4, 0.5) is 37.7 Å². The first-order valence-corrected chi connectivity index (χ1v) is 27.1. The monoisotopic (exact) mass is 1160 g/mol. The van der Waals surface area contributed by atoms with Gasteiger partial charge in [0.2, 0.25) is 11.8 Å². The van der Waals surface area contributed by atoms with Crippen molar-refractivity contribution in [1.29, 1.82) is 0 Å². The number of alkyl halides is 6. The van der Waals surface area contributed by atoms with Gasteiger partial charge in [-0.25, -0.2) is 23.8 Å². The lowest BCUT2D eigenvalue weighted by atomic mass is 9.95. The van der Waals surface area contributed by atoms with Crippen molar-refractivity contribution in [2.45, 2.75) is 107 Å². The number of ether oxygens (including phenoxy) is 4. The maximum Gasteiger partial charge on any atom is 0.417 e. The van der Waals surface area contributed by atoms with E-state index in [1.807, 2.05) is 85.7 Å². The molecule has 8 aromatic rings. The van der Waals surface area contributed by atoms with Crippen LogP contribution in [0.15, 0.2) is 109 Å². The minimum absolute atomic E-state index is 0.0720. The second-order valence-electron chi connectivity index (χ2n) is 21.7. The Labute approximate surface area is 481 Å². The zero-order valence-corrected chi connectivity index (χ0v) is 48.3. The molecule has 0 radical (unpaired) electrons. The molecular weight excluding hydrogens is 1100 g/mol. The van der Waals surface area contributed by atoms with Crippen LogP contribution in [0.5, 0.6) is 11.5 Å². The summed E-state index contributed by atoms with van der Waals surface area (Å²) in [5, 5.41) is 14.7. The number of amides is 2. The van der Waals surface area contributed by atoms with E-state index in [1.54, 1.807) is 44.4 Å². The van der Waals surface area contributed by atoms with Gasteiger partial charge in [-0.3, -0.25) is 14.4 Å². The summed E-state index contributed by atoms with van der Waals surface area (Å²) in [7, 11) is 0. The Morgan fingerprint density at radius 3 is 1.38 bits per heavy atom. The van der Waals surface area contributed by atoms with E-state index in [2.05, 4.69) is 30.8 Å². The highest BCUT2D eigenvalue weighted by Gasteiger charge is 2.36. The second kappa shape index (κ2) is 26.2. The van der Waals surface area contributed by atoms with Gasteiger partial charge in [-0.05, 0) is 131 Å². The van der Waals surface area contributed by atoms with Gasteiger partial charge in [-0.1, -0.05) is 65.8 Å². The summed E-state index contributed by atoms with van der Waals surface area (Å²) in [6.07, 6.45) is -3.87. The first kappa shape index (κ1) is 62.8. The first-order valence-electron chi connectivity index (χ1n) is 27.1. The van der Waals surface area contributed by atoms with E-state index < -0.39 is 46.9 Å². The second-order valence-corrected chi connectivity index (χ2v) is 21.7. The van der Waals surface area contributed by atoms with Crippen molar-refractivity contribution in [3.63, 3.8) is 0 Å². The summed E-state index contributed by atoms with van der Waals surface area (Å²) in [5.41, 5.74) is 3.47. The van der Waals surface area contributed by atoms with Crippen LogP contribution in [0.25, 0.3) is 56.3 Å². The van der Waals surface area contributed by atoms with E-state index in [9.17, 15) is 45.5 Å². The van der Waals surface area contributed by atoms with Gasteiger partial charge in [0.1, 0.15) is 11.5 Å². The fourth-order valence-corrected chi connectivity index (χ4v) is 8.24. The molecule has 0 unspecified atom stereocenters. The Balaban J connectivity index is 0.000000242. The molecule has 4 aromatic carbocycles. The quantitative estimate of drug-likeness (QED) is 0.0470. The summed E-state index contributed by atoms with van der Waals surface area (Å²) in [6.45, 7) is 18.3. The molecule has 22 heteroatoms. The highest BCUT2D eigenvalue weighted by molar-refractivity contribution is 5.96. The predicted molar refractivity (Wildman–Crippen MR) is 306 cm³/mol. The number of aryl methyl sites for hydroxylation is 2. The smallest absolute Gasteiger partial charge is 0.417 e. The van der Waals surface area contributed by atoms with Crippen LogP contribution < -0.4 is 20.1 Å². The number of fused-ring (bicyclic) bond motifs is 2. The number of anilines is 2. The van der Waals surface area contributed by atoms with Gasteiger partial charge in [0.05, 0.1) is 66.1 Å². The number of aromatic nitrogens is 6. The van der Waals surface area contributed by atoms with E-state index in [4.69, 9.17) is 18.9 Å². The van der Waals surface area contributed by atoms with E-state index in [-0.39, 0.29) is 65.0 Å². The van der Waals surface area contributed by atoms with Crippen molar-refractivity contribution in [3.05, 3.63) is 132 Å². The van der Waals surface area contributed by atoms with Crippen molar-refractivity contribution in [3.8, 4) is 56.5 Å². The number of carbonyl (C=O) groups excluding carboxylic acids is 4. The number of esters is 2. The van der Waals surface area contributed by atoms with Crippen molar-refractivity contribution in [2.75, 3.05) is 37.1 Å². The fraction of sp³-hybridized carbons (Fsp3) is 0.355. The third-order valence-corrected chi connectivity index (χ3v) is 13.0. The summed E-state index contributed by atoms with van der Waals surface area (Å²) < 4.78 is 108. The highest BCUT2D eigenvalue weighted by atomic mass is 19.4. The van der Waals surface area contributed by atoms with E-state index in [0.717, 1.165) is 28.8 Å². The Kier molecular flexibility index (Phi) is 19.6. The normalized spacial score (nSPS) is 11.9. The standard InChI is InChI=1S/C33H37F3N4O4.C29H29F3N4O4/c1-6-43-30(41)10-8-7-9-17-44-23-13-14-24(25(19-23)33(34,35)36)26-15-16-29-37-28(20-40(29)39-26)22-12-11-21(2)27(18-22)38-31(42)32(3,4)5;1-6-39-26(37)16-40-19-9-10-20(21(14-19)29(30,31)32)22-11-12-25-33-24(15-36(25)35-22)18-8-7-17(2)23(13-18)34-27(38)28(3,4)5/h11-16,18-20H,6-10,17H2,1-5H3,(H,38,42);7-15H,6,16H2,1-5H3,(H,34,38). The molecule has 4 heterocycles. The van der Waals surface area contributed by atoms with Crippen molar-refractivity contribution in [1.82, 2.24) is 29.2 Å². The molecule has 0 spiro atoms. The van der Waals surface area contributed by atoms with Gasteiger partial charge >= 0.3 is 24.3 Å². The summed E-state index contributed by atoms with van der Waals surface area (Å²) >= 11 is 0. The number of nitrogens with zero attached hydrogens (tertiary/aromatic N) is 6. The Morgan fingerprint density at radius 1 is 0.512 bits per heavy atom. The van der Waals surface area contributed by atoms with E-state index >= 15 is 0 Å². The Hall–Kier alpha value is -8.82. The molecule has 0 atom stereocenters. The molecule has 0 aliphatic heterocycles. The topological polar surface area (TPSA) is 190 Å². The lowest BCUT2D eigenvalue weighted by Crippen LogP contribution is -2.27. The molecule has 0 fully saturated rings. The SMILES string of the molecule is CCOC(=O)CCCCCOc1ccc(-c2ccc3nc(-c4ccc(C)c(NC(=O)C(C)(C)C)c4)cn3n2)c(C(F)(F)F)c1.CCOC(=O)COc1ccc(-c2ccc3nc(-c4ccc(C)c(NC(=O)C(C)(C)C)c4)cn3n2)c(C(F)(F)F)c1. The van der Waals surface area contributed by atoms with E-state index in [0.29, 0.717) is 71.9 Å². The third-order valence-electron chi connectivity index (χ3n) is 13.0. The molecule has 84 heavy (non-hydrogen) atoms. The lowest BCUT2D eigenvalue weighted by Gasteiger charge is -2.19. The predicted octanol–water partition coefficient (Wildman–Crippen LogP) is 14.2. The highest BCUT2D eigenvalue weighted by Crippen LogP contribution is 2.41. The fourth-order valence-electron chi connectivity index (χ4n) is 8.24. The third kappa shape index (κ3) is 16.2. The molecule has 16 nitrogen and oxygen atoms in total. The molecule has 8 rings (SSSR count). The van der Waals surface area contributed by atoms with Gasteiger partial charge in [-0.2, -0.15) is 36.5 Å². The molecule has 0 aliphatic carbocycles. The molecule has 2 amide bonds. The van der Waals surface area contributed by atoms with Crippen molar-refractivity contribution < 1.29 is 64.5 Å². The van der Waals surface area contributed by atoms with Gasteiger partial charge in [0.15, 0.2) is 17.9 Å². The molecule has 4 aromatic heterocycles. The molecular formula is C62H66F6N8O8. The summed E-state index contributed by atoms with van der Waals surface area (Å²) in [4.78, 5) is 57.2. The summed E-state index contributed by atoms with van der Waals surface area (Å²) in [6, 6.07) is 24.5. The minimum atomic E-state index is -4.70. The van der Waals surface area contributed by atoms with Gasteiger partial charge in [0, 0.05) is 50.9 Å². The molecule has 0 saturated carbocycles. The minimum Gasteiger partial charge on any atom is -0.494 e. The van der Waals surface area contributed by atoms with Crippen molar-refractivity contribution in [2.24, 2.45) is 10.8 Å². The average molecular weight is 1170 g/mol. The molecule has 0 aliphatic rings. The Bertz CT molecular complexity index is 3690. The maximum atomic E-state index is 14.1. The largest absolute Gasteiger partial charge is 0.494 e. The maximum absolute atomic E-state index is 14.1. The zero-order chi connectivity index (χ0) is 61.3. The number of rotatable bonds is 18. The molecule has 0 bridgehead atoms. The summed E-state index contributed by atoms with van der Waals surface area (Å²) in [5.74, 6) is -1.22. The van der Waals surface area contributed by atoms with Crippen LogP contribution in [0.1, 0.15) is 103 Å². The number of imidazole rings is 2. The van der Waals surface area contributed by atoms with Crippen molar-refractivity contribution >= 4 is 46.4 Å². The van der Waals surface area contributed by atoms with Crippen LogP contribution in [-0.2, 0) is 41.0 Å². The number of hydrogen-bond acceptors (Lipinski definition) is 12. The van der Waals surface area contributed by atoms with E-state index in [1.165, 1.54) is 45.4 Å². The first-order chi connectivity index (χ1) is 39.5. The number of hydrogen-bond donors (Lipinski definition) is 2. The molecule has 2 N–H and O–H groups in total. The number of benzene rings is 4. The van der Waals surface area contributed by atoms with Gasteiger partial charge in [-0.15, -0.1) is 0 Å². The van der Waals surface area contributed by atoms with Crippen LogP contribution in [0.3, 0.4) is 0 Å². The van der Waals surface area contributed by atoms with Crippen LogP contribution in [0, 0.1) is 24.7 Å². The average Bonchev–Trinajstić information content (AvgIpc) is 2.30. The number of nitrogens with one attached hydrogen (secondary N) is 2. The van der Waals surface area contributed by atoms with Gasteiger partial charge < -0.3 is 29.6 Å². The number of unbranched alkanes of at least 4 members (excludes halogenated alkanes) is 2. The number of halogens is 6. The lowest BCUT2D eigenvalue weighted by molar-refractivity contribution is -0.145. The number of carbonyl (C=O) groups is 4.